The molecule has 0 fully saturated rings. The zero-order valence-corrected chi connectivity index (χ0v) is 9.06. The molecule has 4 nitrogen and oxygen atoms in total. The quantitative estimate of drug-likeness (QED) is 0.710. The lowest BCUT2D eigenvalue weighted by Crippen LogP contribution is -2.21. The van der Waals surface area contributed by atoms with Gasteiger partial charge in [0, 0.05) is 5.39 Å². The third kappa shape index (κ3) is 1.31. The van der Waals surface area contributed by atoms with Gasteiger partial charge in [-0.2, -0.15) is 4.73 Å². The van der Waals surface area contributed by atoms with Crippen molar-refractivity contribution in [2.24, 2.45) is 0 Å². The van der Waals surface area contributed by atoms with Gasteiger partial charge in [-0.1, -0.05) is 12.1 Å². The highest BCUT2D eigenvalue weighted by Gasteiger charge is 2.12. The van der Waals surface area contributed by atoms with Crippen LogP contribution in [0.15, 0.2) is 29.1 Å². The summed E-state index contributed by atoms with van der Waals surface area (Å²) in [6.07, 6.45) is 0.569. The standard InChI is InChI=1S/C12H11NO3/c1-8-10(7-14)12(15)9-5-3-4-6-11(9)13(8)16-2/h3-7H,1-2H3. The first-order valence-corrected chi connectivity index (χ1v) is 4.84. The first kappa shape index (κ1) is 10.4. The zero-order valence-electron chi connectivity index (χ0n) is 9.06. The predicted molar refractivity (Wildman–Crippen MR) is 60.8 cm³/mol. The summed E-state index contributed by atoms with van der Waals surface area (Å²) >= 11 is 0. The molecule has 0 aliphatic heterocycles. The van der Waals surface area contributed by atoms with E-state index >= 15 is 0 Å². The Morgan fingerprint density at radius 2 is 2.00 bits per heavy atom. The molecule has 0 radical (unpaired) electrons. The third-order valence-electron chi connectivity index (χ3n) is 2.61. The van der Waals surface area contributed by atoms with Gasteiger partial charge in [0.1, 0.15) is 7.11 Å². The van der Waals surface area contributed by atoms with Crippen molar-refractivity contribution in [3.8, 4) is 0 Å². The largest absolute Gasteiger partial charge is 0.417 e. The lowest BCUT2D eigenvalue weighted by molar-refractivity contribution is 0.111. The van der Waals surface area contributed by atoms with Crippen LogP contribution in [0.1, 0.15) is 16.1 Å². The molecule has 0 saturated heterocycles. The maximum absolute atomic E-state index is 11.9. The van der Waals surface area contributed by atoms with Gasteiger partial charge in [-0.3, -0.25) is 9.59 Å². The fraction of sp³-hybridized carbons (Fsp3) is 0.167. The number of rotatable bonds is 2. The number of carbonyl (C=O) groups excluding carboxylic acids is 1. The van der Waals surface area contributed by atoms with Crippen molar-refractivity contribution in [3.05, 3.63) is 45.7 Å². The molecule has 4 heteroatoms. The summed E-state index contributed by atoms with van der Waals surface area (Å²) in [6, 6.07) is 7.03. The normalized spacial score (nSPS) is 10.4. The van der Waals surface area contributed by atoms with Crippen LogP contribution in [0.25, 0.3) is 10.9 Å². The Hall–Kier alpha value is -2.10. The van der Waals surface area contributed by atoms with Crippen LogP contribution in [-0.2, 0) is 0 Å². The van der Waals surface area contributed by atoms with Crippen LogP contribution in [0.4, 0.5) is 0 Å². The van der Waals surface area contributed by atoms with Crippen molar-refractivity contribution < 1.29 is 9.63 Å². The number of carbonyl (C=O) groups is 1. The van der Waals surface area contributed by atoms with Gasteiger partial charge in [0.15, 0.2) is 11.7 Å². The second kappa shape index (κ2) is 3.81. The molecular weight excluding hydrogens is 206 g/mol. The van der Waals surface area contributed by atoms with E-state index in [2.05, 4.69) is 0 Å². The Labute approximate surface area is 92.0 Å². The van der Waals surface area contributed by atoms with Gasteiger partial charge in [0.2, 0.25) is 0 Å². The van der Waals surface area contributed by atoms with Gasteiger partial charge in [0.25, 0.3) is 0 Å². The summed E-state index contributed by atoms with van der Waals surface area (Å²) in [4.78, 5) is 28.0. The molecular formula is C12H11NO3. The van der Waals surface area contributed by atoms with Crippen LogP contribution >= 0.6 is 0 Å². The van der Waals surface area contributed by atoms with E-state index in [4.69, 9.17) is 4.84 Å². The SMILES string of the molecule is COn1c(C)c(C=O)c(=O)c2ccccc21. The number of para-hydroxylation sites is 1. The zero-order chi connectivity index (χ0) is 11.7. The number of aldehydes is 1. The van der Waals surface area contributed by atoms with Crippen LogP contribution < -0.4 is 10.3 Å². The molecule has 0 bridgehead atoms. The highest BCUT2D eigenvalue weighted by Crippen LogP contribution is 2.13. The van der Waals surface area contributed by atoms with E-state index < -0.39 is 0 Å². The van der Waals surface area contributed by atoms with Gasteiger partial charge in [-0.25, -0.2) is 0 Å². The maximum atomic E-state index is 11.9. The molecule has 0 atom stereocenters. The third-order valence-corrected chi connectivity index (χ3v) is 2.61. The highest BCUT2D eigenvalue weighted by molar-refractivity contribution is 5.87. The summed E-state index contributed by atoms with van der Waals surface area (Å²) in [5.74, 6) is 0. The molecule has 2 aromatic rings. The summed E-state index contributed by atoms with van der Waals surface area (Å²) in [6.45, 7) is 1.68. The van der Waals surface area contributed by atoms with Gasteiger partial charge in [-0.15, -0.1) is 0 Å². The number of aromatic nitrogens is 1. The molecule has 0 aliphatic carbocycles. The van der Waals surface area contributed by atoms with Gasteiger partial charge < -0.3 is 4.84 Å². The number of hydrogen-bond acceptors (Lipinski definition) is 3. The Balaban J connectivity index is 3.06. The van der Waals surface area contributed by atoms with Crippen LogP contribution in [-0.4, -0.2) is 18.1 Å². The molecule has 0 unspecified atom stereocenters. The summed E-state index contributed by atoms with van der Waals surface area (Å²) in [5, 5.41) is 0.483. The minimum absolute atomic E-state index is 0.139. The topological polar surface area (TPSA) is 48.3 Å². The number of hydrogen-bond donors (Lipinski definition) is 0. The lowest BCUT2D eigenvalue weighted by Gasteiger charge is -2.13. The van der Waals surface area contributed by atoms with Crippen molar-refractivity contribution in [1.82, 2.24) is 4.73 Å². The fourth-order valence-electron chi connectivity index (χ4n) is 1.82. The molecule has 82 valence electrons. The Morgan fingerprint density at radius 3 is 2.62 bits per heavy atom. The van der Waals surface area contributed by atoms with Crippen molar-refractivity contribution in [2.45, 2.75) is 6.92 Å². The van der Waals surface area contributed by atoms with Crippen LogP contribution in [0, 0.1) is 6.92 Å². The molecule has 2 rings (SSSR count). The molecule has 1 heterocycles. The first-order valence-electron chi connectivity index (χ1n) is 4.84. The number of pyridine rings is 1. The maximum Gasteiger partial charge on any atom is 0.200 e. The molecule has 0 N–H and O–H groups in total. The van der Waals surface area contributed by atoms with Crippen molar-refractivity contribution in [1.29, 1.82) is 0 Å². The number of benzene rings is 1. The van der Waals surface area contributed by atoms with Crippen LogP contribution in [0.5, 0.6) is 0 Å². The minimum atomic E-state index is -0.253. The first-order chi connectivity index (χ1) is 7.70. The number of fused-ring (bicyclic) bond motifs is 1. The van der Waals surface area contributed by atoms with Crippen LogP contribution in [0.3, 0.4) is 0 Å². The smallest absolute Gasteiger partial charge is 0.200 e. The van der Waals surface area contributed by atoms with E-state index in [0.717, 1.165) is 0 Å². The number of nitrogens with zero attached hydrogens (tertiary/aromatic N) is 1. The Bertz CT molecular complexity index is 613. The second-order valence-corrected chi connectivity index (χ2v) is 3.44. The van der Waals surface area contributed by atoms with Gasteiger partial charge >= 0.3 is 0 Å². The predicted octanol–water partition coefficient (Wildman–Crippen LogP) is 1.18. The van der Waals surface area contributed by atoms with E-state index in [1.54, 1.807) is 25.1 Å². The molecule has 1 aromatic heterocycles. The average molecular weight is 217 g/mol. The van der Waals surface area contributed by atoms with Crippen molar-refractivity contribution >= 4 is 17.2 Å². The van der Waals surface area contributed by atoms with E-state index in [0.29, 0.717) is 22.9 Å². The Kier molecular flexibility index (Phi) is 2.48. The van der Waals surface area contributed by atoms with Crippen molar-refractivity contribution in [2.75, 3.05) is 7.11 Å². The highest BCUT2D eigenvalue weighted by atomic mass is 16.6. The van der Waals surface area contributed by atoms with Crippen molar-refractivity contribution in [3.63, 3.8) is 0 Å². The van der Waals surface area contributed by atoms with Gasteiger partial charge in [0.05, 0.1) is 16.8 Å². The second-order valence-electron chi connectivity index (χ2n) is 3.44. The minimum Gasteiger partial charge on any atom is -0.417 e. The summed E-state index contributed by atoms with van der Waals surface area (Å²) < 4.78 is 1.49. The fourth-order valence-corrected chi connectivity index (χ4v) is 1.82. The lowest BCUT2D eigenvalue weighted by atomic mass is 10.1. The van der Waals surface area contributed by atoms with Gasteiger partial charge in [-0.05, 0) is 19.1 Å². The molecule has 16 heavy (non-hydrogen) atoms. The molecule has 0 aliphatic rings. The molecule has 0 saturated carbocycles. The van der Waals surface area contributed by atoms with E-state index in [1.807, 2.05) is 6.07 Å². The average Bonchev–Trinajstić information content (AvgIpc) is 2.30. The molecule has 0 spiro atoms. The molecule has 1 aromatic carbocycles. The molecule has 0 amide bonds. The summed E-state index contributed by atoms with van der Waals surface area (Å²) in [7, 11) is 1.50. The van der Waals surface area contributed by atoms with E-state index in [-0.39, 0.29) is 11.0 Å². The van der Waals surface area contributed by atoms with E-state index in [1.165, 1.54) is 11.8 Å². The van der Waals surface area contributed by atoms with Crippen LogP contribution in [0.2, 0.25) is 0 Å². The Morgan fingerprint density at radius 1 is 1.31 bits per heavy atom. The van der Waals surface area contributed by atoms with E-state index in [9.17, 15) is 9.59 Å². The monoisotopic (exact) mass is 217 g/mol. The summed E-state index contributed by atoms with van der Waals surface area (Å²) in [5.41, 5.74) is 1.07.